The van der Waals surface area contributed by atoms with Crippen LogP contribution in [0.15, 0.2) is 133 Å². The Morgan fingerprint density at radius 2 is 1.07 bits per heavy atom. The molecule has 0 spiro atoms. The van der Waals surface area contributed by atoms with E-state index in [0.717, 1.165) is 45.3 Å². The van der Waals surface area contributed by atoms with Gasteiger partial charge in [-0.1, -0.05) is 91.0 Å². The van der Waals surface area contributed by atoms with Crippen molar-refractivity contribution >= 4 is 44.9 Å². The van der Waals surface area contributed by atoms with Crippen molar-refractivity contribution in [3.05, 3.63) is 133 Å². The van der Waals surface area contributed by atoms with E-state index in [1.807, 2.05) is 24.3 Å². The topological polar surface area (TPSA) is 23.4 Å². The molecule has 0 unspecified atom stereocenters. The van der Waals surface area contributed by atoms with Crippen molar-refractivity contribution in [1.29, 1.82) is 0 Å². The van der Waals surface area contributed by atoms with Gasteiger partial charge < -0.3 is 14.0 Å². The Bertz CT molecular complexity index is 2070. The molecular formula is C36H22BNO2. The molecule has 0 saturated carbocycles. The van der Waals surface area contributed by atoms with Crippen LogP contribution in [0.3, 0.4) is 0 Å². The van der Waals surface area contributed by atoms with Gasteiger partial charge in [0.05, 0.1) is 11.0 Å². The summed E-state index contributed by atoms with van der Waals surface area (Å²) in [5.74, 6) is 3.55. The van der Waals surface area contributed by atoms with E-state index in [1.165, 1.54) is 32.7 Å². The van der Waals surface area contributed by atoms with E-state index in [-0.39, 0.29) is 6.71 Å². The lowest BCUT2D eigenvalue weighted by Crippen LogP contribution is -2.57. The SMILES string of the molecule is c1ccc2c(c1)Oc1cccc3c1B2c1cccc(-c2ccc(-n4c5ccccc5c5ccccc54)cc2)c1O3. The molecule has 2 aliphatic heterocycles. The first-order chi connectivity index (χ1) is 19.8. The van der Waals surface area contributed by atoms with Crippen LogP contribution in [-0.2, 0) is 0 Å². The highest BCUT2D eigenvalue weighted by atomic mass is 16.5. The molecule has 0 fully saturated rings. The number of hydrogen-bond donors (Lipinski definition) is 0. The van der Waals surface area contributed by atoms with Crippen LogP contribution in [0.2, 0.25) is 0 Å². The third-order valence-electron chi connectivity index (χ3n) is 8.35. The molecule has 0 saturated heterocycles. The fraction of sp³-hybridized carbons (Fsp3) is 0. The number of benzene rings is 6. The molecule has 3 heterocycles. The third-order valence-corrected chi connectivity index (χ3v) is 8.35. The number of hydrogen-bond acceptors (Lipinski definition) is 2. The zero-order valence-electron chi connectivity index (χ0n) is 21.5. The molecule has 2 aliphatic rings. The van der Waals surface area contributed by atoms with Gasteiger partial charge in [0, 0.05) is 27.5 Å². The Kier molecular flexibility index (Phi) is 4.41. The third kappa shape index (κ3) is 2.96. The van der Waals surface area contributed by atoms with Gasteiger partial charge in [-0.15, -0.1) is 0 Å². The van der Waals surface area contributed by atoms with Crippen LogP contribution in [0.4, 0.5) is 0 Å². The second-order valence-electron chi connectivity index (χ2n) is 10.5. The highest BCUT2D eigenvalue weighted by Gasteiger charge is 2.40. The number of fused-ring (bicyclic) bond motifs is 7. The summed E-state index contributed by atoms with van der Waals surface area (Å²) >= 11 is 0. The van der Waals surface area contributed by atoms with E-state index < -0.39 is 0 Å². The fourth-order valence-corrected chi connectivity index (χ4v) is 6.62. The summed E-state index contributed by atoms with van der Waals surface area (Å²) < 4.78 is 15.3. The van der Waals surface area contributed by atoms with E-state index in [1.54, 1.807) is 0 Å². The Labute approximate surface area is 231 Å². The van der Waals surface area contributed by atoms with Gasteiger partial charge in [0.1, 0.15) is 23.0 Å². The predicted octanol–water partition coefficient (Wildman–Crippen LogP) is 7.18. The van der Waals surface area contributed by atoms with Gasteiger partial charge in [-0.05, 0) is 59.0 Å². The summed E-state index contributed by atoms with van der Waals surface area (Å²) in [5, 5.41) is 2.53. The summed E-state index contributed by atoms with van der Waals surface area (Å²) in [6.07, 6.45) is 0. The summed E-state index contributed by atoms with van der Waals surface area (Å²) in [4.78, 5) is 0. The molecule has 0 radical (unpaired) electrons. The second-order valence-corrected chi connectivity index (χ2v) is 10.5. The summed E-state index contributed by atoms with van der Waals surface area (Å²) in [6, 6.07) is 47.0. The van der Waals surface area contributed by atoms with Gasteiger partial charge >= 0.3 is 0 Å². The first kappa shape index (κ1) is 21.7. The number of para-hydroxylation sites is 4. The van der Waals surface area contributed by atoms with Gasteiger partial charge in [0.15, 0.2) is 0 Å². The smallest absolute Gasteiger partial charge is 0.260 e. The Balaban J connectivity index is 1.20. The molecule has 0 N–H and O–H groups in total. The van der Waals surface area contributed by atoms with Gasteiger partial charge in [-0.3, -0.25) is 0 Å². The first-order valence-electron chi connectivity index (χ1n) is 13.6. The predicted molar refractivity (Wildman–Crippen MR) is 164 cm³/mol. The van der Waals surface area contributed by atoms with E-state index in [4.69, 9.17) is 9.47 Å². The maximum Gasteiger partial charge on any atom is 0.260 e. The van der Waals surface area contributed by atoms with Gasteiger partial charge in [0.25, 0.3) is 6.71 Å². The van der Waals surface area contributed by atoms with Crippen LogP contribution < -0.4 is 25.9 Å². The lowest BCUT2D eigenvalue weighted by atomic mass is 9.34. The Morgan fingerprint density at radius 3 is 1.85 bits per heavy atom. The maximum absolute atomic E-state index is 6.66. The van der Waals surface area contributed by atoms with Crippen molar-refractivity contribution in [2.24, 2.45) is 0 Å². The number of ether oxygens (including phenoxy) is 2. The normalized spacial score (nSPS) is 12.8. The summed E-state index contributed by atoms with van der Waals surface area (Å²) in [6.45, 7) is 0.0664. The molecule has 3 nitrogen and oxygen atoms in total. The van der Waals surface area contributed by atoms with Crippen LogP contribution in [0, 0.1) is 0 Å². The van der Waals surface area contributed by atoms with Crippen molar-refractivity contribution < 1.29 is 9.47 Å². The van der Waals surface area contributed by atoms with Crippen LogP contribution in [0.1, 0.15) is 0 Å². The zero-order chi connectivity index (χ0) is 26.2. The fourth-order valence-electron chi connectivity index (χ4n) is 6.62. The molecular weight excluding hydrogens is 489 g/mol. The van der Waals surface area contributed by atoms with Crippen molar-refractivity contribution in [1.82, 2.24) is 4.57 Å². The van der Waals surface area contributed by atoms with Gasteiger partial charge in [0.2, 0.25) is 0 Å². The lowest BCUT2D eigenvalue weighted by molar-refractivity contribution is 0.465. The summed E-state index contributed by atoms with van der Waals surface area (Å²) in [5.41, 5.74) is 9.22. The summed E-state index contributed by atoms with van der Waals surface area (Å²) in [7, 11) is 0. The standard InChI is InChI=1S/C36H22BNO2/c1-4-14-30-26(9-1)27-10-2-5-15-31(27)38(30)24-21-19-23(20-22-24)25-11-7-13-29-36(25)40-34-18-8-17-33-35(34)37(29)28-12-3-6-16-32(28)39-33/h1-22H. The maximum atomic E-state index is 6.66. The first-order valence-corrected chi connectivity index (χ1v) is 13.6. The van der Waals surface area contributed by atoms with Crippen molar-refractivity contribution in [3.8, 4) is 39.8 Å². The zero-order valence-corrected chi connectivity index (χ0v) is 21.5. The van der Waals surface area contributed by atoms with E-state index >= 15 is 0 Å². The van der Waals surface area contributed by atoms with E-state index in [9.17, 15) is 0 Å². The molecule has 0 amide bonds. The van der Waals surface area contributed by atoms with Crippen molar-refractivity contribution in [2.45, 2.75) is 0 Å². The second kappa shape index (κ2) is 8.14. The van der Waals surface area contributed by atoms with E-state index in [0.29, 0.717) is 0 Å². The molecule has 6 aromatic carbocycles. The largest absolute Gasteiger partial charge is 0.458 e. The Morgan fingerprint density at radius 1 is 0.475 bits per heavy atom. The van der Waals surface area contributed by atoms with Crippen molar-refractivity contribution in [2.75, 3.05) is 0 Å². The molecule has 0 aliphatic carbocycles. The molecule has 7 aromatic rings. The monoisotopic (exact) mass is 511 g/mol. The van der Waals surface area contributed by atoms with Gasteiger partial charge in [-0.25, -0.2) is 0 Å². The minimum Gasteiger partial charge on any atom is -0.458 e. The van der Waals surface area contributed by atoms with Crippen LogP contribution in [0.5, 0.6) is 23.0 Å². The highest BCUT2D eigenvalue weighted by Crippen LogP contribution is 2.39. The molecule has 1 aromatic heterocycles. The number of aromatic nitrogens is 1. The van der Waals surface area contributed by atoms with Crippen molar-refractivity contribution in [3.63, 3.8) is 0 Å². The molecule has 186 valence electrons. The quantitative estimate of drug-likeness (QED) is 0.230. The molecule has 0 bridgehead atoms. The Hall–Kier alpha value is -5.22. The van der Waals surface area contributed by atoms with Crippen LogP contribution in [-0.4, -0.2) is 11.3 Å². The average molecular weight is 511 g/mol. The number of rotatable bonds is 2. The van der Waals surface area contributed by atoms with Gasteiger partial charge in [-0.2, -0.15) is 0 Å². The molecule has 40 heavy (non-hydrogen) atoms. The minimum absolute atomic E-state index is 0.0664. The van der Waals surface area contributed by atoms with E-state index in [2.05, 4.69) is 114 Å². The molecule has 4 heteroatoms. The average Bonchev–Trinajstić information content (AvgIpc) is 3.35. The molecule has 0 atom stereocenters. The highest BCUT2D eigenvalue weighted by molar-refractivity contribution is 6.98. The van der Waals surface area contributed by atoms with Crippen LogP contribution in [0.25, 0.3) is 38.6 Å². The number of nitrogens with zero attached hydrogens (tertiary/aromatic N) is 1. The van der Waals surface area contributed by atoms with Crippen LogP contribution >= 0.6 is 0 Å². The lowest BCUT2D eigenvalue weighted by Gasteiger charge is -2.33. The minimum atomic E-state index is 0.0664. The molecule has 9 rings (SSSR count).